The van der Waals surface area contributed by atoms with Crippen LogP contribution in [0.2, 0.25) is 5.02 Å². The average molecular weight is 671 g/mol. The van der Waals surface area contributed by atoms with Crippen LogP contribution in [-0.4, -0.2) is 31.3 Å². The molecule has 0 N–H and O–H groups in total. The summed E-state index contributed by atoms with van der Waals surface area (Å²) >= 11 is 7.51. The molecule has 0 saturated heterocycles. The summed E-state index contributed by atoms with van der Waals surface area (Å²) in [6.45, 7) is 8.05. The number of ketones is 1. The van der Waals surface area contributed by atoms with E-state index >= 15 is 0 Å². The first-order valence-electron chi connectivity index (χ1n) is 13.5. The van der Waals surface area contributed by atoms with E-state index in [4.69, 9.17) is 30.1 Å². The second kappa shape index (κ2) is 14.4. The van der Waals surface area contributed by atoms with Gasteiger partial charge in [-0.15, -0.1) is 11.3 Å². The Hall–Kier alpha value is -2.95. The molecule has 1 aromatic heterocycles. The molecule has 44 heavy (non-hydrogen) atoms. The fourth-order valence-electron chi connectivity index (χ4n) is 3.72. The van der Waals surface area contributed by atoms with Crippen LogP contribution >= 0.6 is 30.5 Å². The predicted molar refractivity (Wildman–Crippen MR) is 165 cm³/mol. The quantitative estimate of drug-likeness (QED) is 0.107. The Morgan fingerprint density at radius 3 is 2.05 bits per heavy atom. The number of fused-ring (bicyclic) bond motifs is 1. The summed E-state index contributed by atoms with van der Waals surface area (Å²) in [6, 6.07) is 8.25. The van der Waals surface area contributed by atoms with Crippen molar-refractivity contribution in [1.29, 1.82) is 0 Å². The van der Waals surface area contributed by atoms with Crippen molar-refractivity contribution >= 4 is 64.4 Å². The number of rotatable bonds is 12. The first-order chi connectivity index (χ1) is 20.4. The molecule has 3 rings (SSSR count). The van der Waals surface area contributed by atoms with Crippen LogP contribution in [0.25, 0.3) is 16.2 Å². The number of thiophene rings is 1. The molecule has 2 aromatic carbocycles. The minimum absolute atomic E-state index is 0.270. The van der Waals surface area contributed by atoms with Gasteiger partial charge >= 0.3 is 19.5 Å². The molecule has 13 heteroatoms. The number of ether oxygens (including phenoxy) is 2. The number of allylic oxidation sites excluding steroid dienone is 1. The molecular formula is C31H34ClF2O8PS. The third-order valence-electron chi connectivity index (χ3n) is 6.12. The van der Waals surface area contributed by atoms with Gasteiger partial charge in [-0.3, -0.25) is 28.0 Å². The molecule has 0 radical (unpaired) electrons. The number of esters is 2. The van der Waals surface area contributed by atoms with Gasteiger partial charge in [0, 0.05) is 16.1 Å². The van der Waals surface area contributed by atoms with Crippen molar-refractivity contribution in [3.63, 3.8) is 0 Å². The largest absolute Gasteiger partial charge is 0.438 e. The highest BCUT2D eigenvalue weighted by Gasteiger charge is 2.44. The second-order valence-corrected chi connectivity index (χ2v) is 15.3. The summed E-state index contributed by atoms with van der Waals surface area (Å²) in [7, 11) is -4.62. The van der Waals surface area contributed by atoms with Crippen LogP contribution in [0.5, 0.6) is 0 Å². The minimum atomic E-state index is -4.62. The van der Waals surface area contributed by atoms with E-state index in [-0.39, 0.29) is 12.0 Å². The molecule has 3 aromatic rings. The SMILES string of the molecule is CC(C)(C)C(=O)OCOP(=O)(OCOC(=O)C(C)(C)C)C(C(=O)C/C=C/c1ccc(F)c(F)c1)c1csc2ccc(Cl)cc12. The molecule has 0 aliphatic heterocycles. The maximum absolute atomic E-state index is 14.6. The number of halogens is 3. The average Bonchev–Trinajstić information content (AvgIpc) is 3.32. The van der Waals surface area contributed by atoms with Gasteiger partial charge in [-0.25, -0.2) is 8.78 Å². The topological polar surface area (TPSA) is 105 Å². The Morgan fingerprint density at radius 1 is 0.909 bits per heavy atom. The summed E-state index contributed by atoms with van der Waals surface area (Å²) in [6.07, 6.45) is 2.47. The first kappa shape index (κ1) is 35.5. The zero-order chi connectivity index (χ0) is 32.9. The first-order valence-corrected chi connectivity index (χ1v) is 16.3. The van der Waals surface area contributed by atoms with Gasteiger partial charge in [-0.05, 0) is 93.8 Å². The molecule has 0 amide bonds. The van der Waals surface area contributed by atoms with Crippen LogP contribution in [0.4, 0.5) is 8.78 Å². The van der Waals surface area contributed by atoms with Crippen LogP contribution in [-0.2, 0) is 37.5 Å². The van der Waals surface area contributed by atoms with Crippen molar-refractivity contribution in [2.24, 2.45) is 10.8 Å². The number of Topliss-reactive ketones (excluding diaryl/α,β-unsaturated/α-hetero) is 1. The third kappa shape index (κ3) is 9.28. The molecule has 0 fully saturated rings. The molecule has 8 nitrogen and oxygen atoms in total. The molecule has 0 aliphatic carbocycles. The van der Waals surface area contributed by atoms with E-state index in [9.17, 15) is 27.7 Å². The summed E-state index contributed by atoms with van der Waals surface area (Å²) in [5.41, 5.74) is -2.83. The van der Waals surface area contributed by atoms with Crippen LogP contribution in [0.15, 0.2) is 47.9 Å². The number of carbonyl (C=O) groups excluding carboxylic acids is 3. The fraction of sp³-hybridized carbons (Fsp3) is 0.387. The molecule has 0 saturated carbocycles. The van der Waals surface area contributed by atoms with Crippen LogP contribution < -0.4 is 0 Å². The zero-order valence-electron chi connectivity index (χ0n) is 25.2. The Labute approximate surface area is 263 Å². The van der Waals surface area contributed by atoms with E-state index in [1.807, 2.05) is 0 Å². The molecule has 1 heterocycles. The highest BCUT2D eigenvalue weighted by Crippen LogP contribution is 2.63. The van der Waals surface area contributed by atoms with Gasteiger partial charge in [0.25, 0.3) is 0 Å². The number of hydrogen-bond acceptors (Lipinski definition) is 9. The smallest absolute Gasteiger partial charge is 0.351 e. The zero-order valence-corrected chi connectivity index (χ0v) is 27.6. The van der Waals surface area contributed by atoms with E-state index in [1.54, 1.807) is 65.1 Å². The molecule has 0 spiro atoms. The van der Waals surface area contributed by atoms with Gasteiger partial charge in [0.15, 0.2) is 17.4 Å². The van der Waals surface area contributed by atoms with Crippen molar-refractivity contribution in [1.82, 2.24) is 0 Å². The molecule has 238 valence electrons. The van der Waals surface area contributed by atoms with E-state index in [0.29, 0.717) is 16.0 Å². The summed E-state index contributed by atoms with van der Waals surface area (Å²) in [5.74, 6) is -4.03. The van der Waals surface area contributed by atoms with Crippen molar-refractivity contribution in [2.75, 3.05) is 13.6 Å². The fourth-order valence-corrected chi connectivity index (χ4v) is 6.74. The maximum Gasteiger partial charge on any atom is 0.351 e. The van der Waals surface area contributed by atoms with E-state index in [1.165, 1.54) is 29.6 Å². The number of hydrogen-bond donors (Lipinski definition) is 0. The summed E-state index contributed by atoms with van der Waals surface area (Å²) in [5, 5.41) is 2.48. The molecule has 0 bridgehead atoms. The maximum atomic E-state index is 14.6. The predicted octanol–water partition coefficient (Wildman–Crippen LogP) is 8.87. The van der Waals surface area contributed by atoms with E-state index in [2.05, 4.69) is 0 Å². The van der Waals surface area contributed by atoms with Crippen LogP contribution in [0.3, 0.4) is 0 Å². The minimum Gasteiger partial charge on any atom is -0.438 e. The number of benzene rings is 2. The Morgan fingerprint density at radius 2 is 1.50 bits per heavy atom. The standard InChI is InChI=1S/C31H34ClF2O8PS/c1-30(2,3)28(36)39-17-41-43(38,42-18-40-29(37)31(4,5)6)27(22-16-44-26-13-11-20(32)15-21(22)26)25(35)9-7-8-19-10-12-23(33)24(34)14-19/h7-8,10-16,27H,9,17-18H2,1-6H3/b8-7+. The summed E-state index contributed by atoms with van der Waals surface area (Å²) < 4.78 is 63.8. The van der Waals surface area contributed by atoms with Gasteiger partial charge in [0.1, 0.15) is 5.66 Å². The van der Waals surface area contributed by atoms with Crippen molar-refractivity contribution < 1.29 is 46.3 Å². The Balaban J connectivity index is 2.02. The highest BCUT2D eigenvalue weighted by atomic mass is 35.5. The normalized spacial score (nSPS) is 13.3. The van der Waals surface area contributed by atoms with Gasteiger partial charge < -0.3 is 9.47 Å². The molecular weight excluding hydrogens is 637 g/mol. The van der Waals surface area contributed by atoms with Gasteiger partial charge in [-0.2, -0.15) is 0 Å². The van der Waals surface area contributed by atoms with Crippen LogP contribution in [0.1, 0.15) is 64.7 Å². The van der Waals surface area contributed by atoms with Crippen molar-refractivity contribution in [2.45, 2.75) is 53.6 Å². The lowest BCUT2D eigenvalue weighted by Gasteiger charge is -2.27. The van der Waals surface area contributed by atoms with E-state index in [0.717, 1.165) is 16.8 Å². The lowest BCUT2D eigenvalue weighted by atomic mass is 9.98. The van der Waals surface area contributed by atoms with Crippen LogP contribution in [0, 0.1) is 22.5 Å². The lowest BCUT2D eigenvalue weighted by molar-refractivity contribution is -0.162. The summed E-state index contributed by atoms with van der Waals surface area (Å²) in [4.78, 5) is 38.7. The van der Waals surface area contributed by atoms with Gasteiger partial charge in [0.2, 0.25) is 13.6 Å². The number of carbonyl (C=O) groups is 3. The Bertz CT molecular complexity index is 1570. The van der Waals surface area contributed by atoms with Gasteiger partial charge in [0.05, 0.1) is 10.8 Å². The molecule has 0 aliphatic rings. The molecule has 1 atom stereocenters. The highest BCUT2D eigenvalue weighted by molar-refractivity contribution is 7.55. The monoisotopic (exact) mass is 670 g/mol. The third-order valence-corrected chi connectivity index (χ3v) is 9.47. The molecule has 1 unspecified atom stereocenters. The van der Waals surface area contributed by atoms with Crippen molar-refractivity contribution in [3.8, 4) is 0 Å². The lowest BCUT2D eigenvalue weighted by Crippen LogP contribution is -2.26. The van der Waals surface area contributed by atoms with Crippen molar-refractivity contribution in [3.05, 3.63) is 75.6 Å². The van der Waals surface area contributed by atoms with E-state index < -0.39 is 67.0 Å². The Kier molecular flexibility index (Phi) is 11.7. The van der Waals surface area contributed by atoms with Gasteiger partial charge in [-0.1, -0.05) is 29.8 Å². The second-order valence-electron chi connectivity index (χ2n) is 11.9.